The van der Waals surface area contributed by atoms with E-state index in [0.29, 0.717) is 5.56 Å². The molecule has 0 aromatic heterocycles. The van der Waals surface area contributed by atoms with Gasteiger partial charge in [0.1, 0.15) is 5.75 Å². The number of amides is 1. The van der Waals surface area contributed by atoms with Crippen LogP contribution in [0.15, 0.2) is 41.5 Å². The number of nitrogens with zero attached hydrogens (tertiary/aromatic N) is 2. The number of aromatic hydroxyl groups is 1. The zero-order valence-electron chi connectivity index (χ0n) is 13.4. The first-order valence-corrected chi connectivity index (χ1v) is 6.99. The van der Waals surface area contributed by atoms with Crippen LogP contribution in [0, 0.1) is 10.1 Å². The second-order valence-corrected chi connectivity index (χ2v) is 4.77. The third-order valence-electron chi connectivity index (χ3n) is 3.22. The normalized spacial score (nSPS) is 10.5. The number of hydrazone groups is 1. The van der Waals surface area contributed by atoms with E-state index in [1.54, 1.807) is 6.07 Å². The molecular formula is C16H15N3O6. The van der Waals surface area contributed by atoms with Gasteiger partial charge in [-0.25, -0.2) is 5.43 Å². The van der Waals surface area contributed by atoms with Crippen molar-refractivity contribution < 1.29 is 24.3 Å². The summed E-state index contributed by atoms with van der Waals surface area (Å²) < 4.78 is 10.00. The number of carbonyl (C=O) groups is 1. The predicted octanol–water partition coefficient (Wildman–Crippen LogP) is 2.08. The van der Waals surface area contributed by atoms with E-state index in [9.17, 15) is 20.0 Å². The number of nitro benzene ring substituents is 1. The first-order valence-electron chi connectivity index (χ1n) is 6.99. The summed E-state index contributed by atoms with van der Waals surface area (Å²) in [4.78, 5) is 22.4. The molecule has 0 aliphatic rings. The number of non-ortho nitro benzene ring substituents is 1. The highest BCUT2D eigenvalue weighted by Crippen LogP contribution is 2.26. The van der Waals surface area contributed by atoms with Crippen molar-refractivity contribution >= 4 is 17.8 Å². The van der Waals surface area contributed by atoms with Gasteiger partial charge in [-0.1, -0.05) is 0 Å². The highest BCUT2D eigenvalue weighted by atomic mass is 16.6. The molecule has 0 fully saturated rings. The molecule has 0 heterocycles. The van der Waals surface area contributed by atoms with E-state index < -0.39 is 10.8 Å². The summed E-state index contributed by atoms with van der Waals surface area (Å²) in [6, 6.07) is 8.20. The van der Waals surface area contributed by atoms with Crippen LogP contribution < -0.4 is 14.9 Å². The van der Waals surface area contributed by atoms with Gasteiger partial charge in [0.25, 0.3) is 11.6 Å². The Morgan fingerprint density at radius 2 is 1.92 bits per heavy atom. The van der Waals surface area contributed by atoms with Crippen LogP contribution in [-0.4, -0.2) is 36.4 Å². The van der Waals surface area contributed by atoms with Crippen molar-refractivity contribution in [3.63, 3.8) is 0 Å². The molecule has 0 unspecified atom stereocenters. The highest BCUT2D eigenvalue weighted by molar-refractivity contribution is 5.98. The smallest absolute Gasteiger partial charge is 0.275 e. The first kappa shape index (κ1) is 17.7. The van der Waals surface area contributed by atoms with Crippen LogP contribution >= 0.6 is 0 Å². The van der Waals surface area contributed by atoms with Gasteiger partial charge in [0.15, 0.2) is 11.5 Å². The van der Waals surface area contributed by atoms with E-state index in [4.69, 9.17) is 9.47 Å². The van der Waals surface area contributed by atoms with Crippen LogP contribution in [0.2, 0.25) is 0 Å². The van der Waals surface area contributed by atoms with Crippen LogP contribution in [-0.2, 0) is 0 Å². The number of nitrogens with one attached hydrogen (secondary N) is 1. The number of carbonyl (C=O) groups excluding carboxylic acids is 1. The molecule has 0 atom stereocenters. The molecule has 0 aliphatic carbocycles. The second-order valence-electron chi connectivity index (χ2n) is 4.77. The Bertz CT molecular complexity index is 835. The van der Waals surface area contributed by atoms with Crippen molar-refractivity contribution in [1.29, 1.82) is 0 Å². The molecule has 130 valence electrons. The van der Waals surface area contributed by atoms with Crippen molar-refractivity contribution in [2.24, 2.45) is 5.10 Å². The maximum absolute atomic E-state index is 12.2. The Balaban J connectivity index is 2.17. The fourth-order valence-electron chi connectivity index (χ4n) is 1.99. The van der Waals surface area contributed by atoms with Gasteiger partial charge in [0, 0.05) is 12.1 Å². The Kier molecular flexibility index (Phi) is 5.51. The van der Waals surface area contributed by atoms with Crippen LogP contribution in [0.25, 0.3) is 0 Å². The van der Waals surface area contributed by atoms with Gasteiger partial charge in [0.05, 0.1) is 30.9 Å². The Morgan fingerprint density at radius 1 is 1.20 bits per heavy atom. The Morgan fingerprint density at radius 3 is 2.56 bits per heavy atom. The average molecular weight is 345 g/mol. The summed E-state index contributed by atoms with van der Waals surface area (Å²) in [7, 11) is 2.76. The fourth-order valence-corrected chi connectivity index (χ4v) is 1.99. The standard InChI is InChI=1S/C16H15N3O6/c1-24-14-6-4-11(19(22)23)8-12(14)16(21)18-17-9-10-3-5-13(20)15(7-10)25-2/h3-9,20H,1-2H3,(H,18,21). The highest BCUT2D eigenvalue weighted by Gasteiger charge is 2.17. The average Bonchev–Trinajstić information content (AvgIpc) is 2.62. The quantitative estimate of drug-likeness (QED) is 0.469. The molecule has 2 N–H and O–H groups in total. The molecule has 2 aromatic carbocycles. The molecule has 9 heteroatoms. The maximum Gasteiger partial charge on any atom is 0.275 e. The van der Waals surface area contributed by atoms with Gasteiger partial charge in [-0.2, -0.15) is 5.10 Å². The zero-order valence-corrected chi connectivity index (χ0v) is 13.4. The summed E-state index contributed by atoms with van der Waals surface area (Å²) >= 11 is 0. The zero-order chi connectivity index (χ0) is 18.4. The summed E-state index contributed by atoms with van der Waals surface area (Å²) in [6.45, 7) is 0. The minimum atomic E-state index is -0.664. The maximum atomic E-state index is 12.2. The topological polar surface area (TPSA) is 123 Å². The largest absolute Gasteiger partial charge is 0.504 e. The molecule has 0 saturated heterocycles. The molecule has 2 aromatic rings. The van der Waals surface area contributed by atoms with Gasteiger partial charge in [0.2, 0.25) is 0 Å². The lowest BCUT2D eigenvalue weighted by atomic mass is 10.1. The molecule has 9 nitrogen and oxygen atoms in total. The number of rotatable bonds is 6. The summed E-state index contributed by atoms with van der Waals surface area (Å²) in [5.74, 6) is -0.243. The fraction of sp³-hybridized carbons (Fsp3) is 0.125. The van der Waals surface area contributed by atoms with E-state index in [1.165, 1.54) is 44.7 Å². The van der Waals surface area contributed by atoms with E-state index in [0.717, 1.165) is 6.07 Å². The molecule has 0 saturated carbocycles. The first-order chi connectivity index (χ1) is 12.0. The number of benzene rings is 2. The van der Waals surface area contributed by atoms with Crippen LogP contribution in [0.3, 0.4) is 0 Å². The number of phenolic OH excluding ortho intramolecular Hbond substituents is 1. The number of hydrogen-bond acceptors (Lipinski definition) is 7. The lowest BCUT2D eigenvalue weighted by Gasteiger charge is -2.07. The summed E-state index contributed by atoms with van der Waals surface area (Å²) in [6.07, 6.45) is 1.34. The molecule has 2 rings (SSSR count). The Hall–Kier alpha value is -3.62. The van der Waals surface area contributed by atoms with E-state index in [-0.39, 0.29) is 28.5 Å². The van der Waals surface area contributed by atoms with Crippen LogP contribution in [0.5, 0.6) is 17.2 Å². The number of nitro groups is 1. The van der Waals surface area contributed by atoms with Crippen molar-refractivity contribution in [2.45, 2.75) is 0 Å². The van der Waals surface area contributed by atoms with Crippen molar-refractivity contribution in [2.75, 3.05) is 14.2 Å². The number of ether oxygens (including phenoxy) is 2. The SMILES string of the molecule is COc1cc(C=NNC(=O)c2cc([N+](=O)[O-])ccc2OC)ccc1O. The van der Waals surface area contributed by atoms with Crippen LogP contribution in [0.1, 0.15) is 15.9 Å². The monoisotopic (exact) mass is 345 g/mol. The molecule has 0 bridgehead atoms. The number of phenols is 1. The third kappa shape index (κ3) is 4.22. The minimum absolute atomic E-state index is 0.0165. The number of methoxy groups -OCH3 is 2. The molecular weight excluding hydrogens is 330 g/mol. The van der Waals surface area contributed by atoms with Crippen LogP contribution in [0.4, 0.5) is 5.69 Å². The molecule has 25 heavy (non-hydrogen) atoms. The van der Waals surface area contributed by atoms with Gasteiger partial charge in [-0.3, -0.25) is 14.9 Å². The second kappa shape index (κ2) is 7.77. The van der Waals surface area contributed by atoms with E-state index >= 15 is 0 Å². The van der Waals surface area contributed by atoms with Gasteiger partial charge in [-0.15, -0.1) is 0 Å². The van der Waals surface area contributed by atoms with Crippen molar-refractivity contribution in [1.82, 2.24) is 5.43 Å². The summed E-state index contributed by atoms with van der Waals surface area (Å²) in [5.41, 5.74) is 2.58. The van der Waals surface area contributed by atoms with Crippen molar-refractivity contribution in [3.8, 4) is 17.2 Å². The summed E-state index contributed by atoms with van der Waals surface area (Å²) in [5, 5.41) is 24.1. The molecule has 0 aliphatic heterocycles. The van der Waals surface area contributed by atoms with Gasteiger partial charge >= 0.3 is 0 Å². The minimum Gasteiger partial charge on any atom is -0.504 e. The molecule has 0 spiro atoms. The van der Waals surface area contributed by atoms with Crippen molar-refractivity contribution in [3.05, 3.63) is 57.6 Å². The molecule has 0 radical (unpaired) electrons. The lowest BCUT2D eigenvalue weighted by Crippen LogP contribution is -2.18. The third-order valence-corrected chi connectivity index (χ3v) is 3.22. The molecule has 1 amide bonds. The Labute approximate surface area is 142 Å². The van der Waals surface area contributed by atoms with E-state index in [1.807, 2.05) is 0 Å². The van der Waals surface area contributed by atoms with E-state index in [2.05, 4.69) is 10.5 Å². The van der Waals surface area contributed by atoms with Gasteiger partial charge in [-0.05, 0) is 29.8 Å². The predicted molar refractivity (Wildman–Crippen MR) is 89.4 cm³/mol. The lowest BCUT2D eigenvalue weighted by molar-refractivity contribution is -0.384. The van der Waals surface area contributed by atoms with Gasteiger partial charge < -0.3 is 14.6 Å². The number of hydrogen-bond donors (Lipinski definition) is 2.